The zero-order valence-corrected chi connectivity index (χ0v) is 21.6. The second-order valence-corrected chi connectivity index (χ2v) is 8.73. The first-order valence-corrected chi connectivity index (χ1v) is 11.9. The van der Waals surface area contributed by atoms with Crippen molar-refractivity contribution in [2.45, 2.75) is 31.6 Å². The van der Waals surface area contributed by atoms with Crippen LogP contribution in [0.4, 0.5) is 37.7 Å². The maximum atomic E-state index is 14.7. The van der Waals surface area contributed by atoms with Crippen molar-refractivity contribution < 1.29 is 46.1 Å². The number of halogens is 6. The van der Waals surface area contributed by atoms with Crippen molar-refractivity contribution in [3.63, 3.8) is 0 Å². The van der Waals surface area contributed by atoms with E-state index >= 15 is 0 Å². The SMILES string of the molecule is C/C=C\C(=C/C)C(=O)Nc1cc(C(c2ccc(O)c(NC(=O)c3ccccc3)c2)(C(F)(F)F)C(F)(F)F)ccc1O. The number of allylic oxidation sites excluding steroid dienone is 2. The Bertz CT molecular complexity index is 1480. The molecule has 4 N–H and O–H groups in total. The van der Waals surface area contributed by atoms with Crippen molar-refractivity contribution in [2.75, 3.05) is 10.6 Å². The minimum Gasteiger partial charge on any atom is -0.506 e. The number of carbonyl (C=O) groups is 2. The fourth-order valence-electron chi connectivity index (χ4n) is 4.18. The summed E-state index contributed by atoms with van der Waals surface area (Å²) in [5.74, 6) is -3.34. The number of aromatic hydroxyl groups is 2. The molecule has 216 valence electrons. The molecule has 0 aromatic heterocycles. The van der Waals surface area contributed by atoms with Gasteiger partial charge in [-0.2, -0.15) is 26.3 Å². The predicted molar refractivity (Wildman–Crippen MR) is 141 cm³/mol. The quantitative estimate of drug-likeness (QED) is 0.103. The molecule has 41 heavy (non-hydrogen) atoms. The summed E-state index contributed by atoms with van der Waals surface area (Å²) in [5, 5.41) is 24.7. The van der Waals surface area contributed by atoms with Crippen LogP contribution in [0.1, 0.15) is 35.3 Å². The van der Waals surface area contributed by atoms with Crippen LogP contribution >= 0.6 is 0 Å². The third-order valence-corrected chi connectivity index (χ3v) is 6.16. The van der Waals surface area contributed by atoms with Crippen molar-refractivity contribution in [3.05, 3.63) is 107 Å². The van der Waals surface area contributed by atoms with Gasteiger partial charge in [-0.3, -0.25) is 9.59 Å². The maximum absolute atomic E-state index is 14.7. The van der Waals surface area contributed by atoms with Crippen molar-refractivity contribution in [1.29, 1.82) is 0 Å². The molecule has 12 heteroatoms. The highest BCUT2D eigenvalue weighted by Crippen LogP contribution is 2.57. The molecule has 0 aliphatic carbocycles. The molecule has 0 atom stereocenters. The molecule has 6 nitrogen and oxygen atoms in total. The van der Waals surface area contributed by atoms with E-state index in [2.05, 4.69) is 10.6 Å². The number of carbonyl (C=O) groups excluding carboxylic acids is 2. The topological polar surface area (TPSA) is 98.7 Å². The lowest BCUT2D eigenvalue weighted by Crippen LogP contribution is -2.54. The molecule has 3 aromatic carbocycles. The van der Waals surface area contributed by atoms with Crippen molar-refractivity contribution in [1.82, 2.24) is 0 Å². The molecule has 2 amide bonds. The lowest BCUT2D eigenvalue weighted by atomic mass is 9.72. The normalized spacial score (nSPS) is 12.8. The molecular weight excluding hydrogens is 554 g/mol. The molecule has 0 spiro atoms. The number of hydrogen-bond donors (Lipinski definition) is 4. The van der Waals surface area contributed by atoms with Crippen LogP contribution < -0.4 is 10.6 Å². The number of phenols is 2. The Morgan fingerprint density at radius 1 is 0.732 bits per heavy atom. The third-order valence-electron chi connectivity index (χ3n) is 6.16. The Kier molecular flexibility index (Phi) is 8.85. The van der Waals surface area contributed by atoms with E-state index in [1.165, 1.54) is 49.4 Å². The van der Waals surface area contributed by atoms with Gasteiger partial charge in [0, 0.05) is 11.1 Å². The van der Waals surface area contributed by atoms with Gasteiger partial charge in [0.25, 0.3) is 11.8 Å². The van der Waals surface area contributed by atoms with Gasteiger partial charge in [0.2, 0.25) is 5.41 Å². The predicted octanol–water partition coefficient (Wildman–Crippen LogP) is 7.22. The van der Waals surface area contributed by atoms with Crippen LogP contribution in [-0.2, 0) is 10.2 Å². The van der Waals surface area contributed by atoms with Crippen molar-refractivity contribution in [2.24, 2.45) is 0 Å². The molecule has 0 radical (unpaired) electrons. The fraction of sp³-hybridized carbons (Fsp3) is 0.172. The number of rotatable bonds is 7. The smallest absolute Gasteiger partial charge is 0.411 e. The van der Waals surface area contributed by atoms with Gasteiger partial charge < -0.3 is 20.8 Å². The van der Waals surface area contributed by atoms with Crippen molar-refractivity contribution in [3.8, 4) is 11.5 Å². The highest BCUT2D eigenvalue weighted by Gasteiger charge is 2.72. The standard InChI is InChI=1S/C29H24F6N2O4/c1-3-8-17(4-2)25(40)36-21-15-19(11-13-23(21)38)27(28(30,31)32,29(33,34)35)20-12-14-24(39)22(16-20)37-26(41)18-9-6-5-7-10-18/h3-16,38-39H,1-2H3,(H,36,40)(H,37,41)/b8-3-,17-4+. The van der Waals surface area contributed by atoms with Crippen LogP contribution in [0.5, 0.6) is 11.5 Å². The summed E-state index contributed by atoms with van der Waals surface area (Å²) in [5.41, 5.74) is -8.81. The summed E-state index contributed by atoms with van der Waals surface area (Å²) in [6, 6.07) is 10.1. The minimum atomic E-state index is -6.03. The zero-order valence-electron chi connectivity index (χ0n) is 21.6. The second-order valence-electron chi connectivity index (χ2n) is 8.73. The molecule has 0 fully saturated rings. The Morgan fingerprint density at radius 2 is 1.22 bits per heavy atom. The summed E-state index contributed by atoms with van der Waals surface area (Å²) in [7, 11) is 0. The Hall–Kier alpha value is -4.74. The summed E-state index contributed by atoms with van der Waals surface area (Å²) in [6.07, 6.45) is -7.86. The van der Waals surface area contributed by atoms with Gasteiger partial charge in [-0.1, -0.05) is 48.6 Å². The molecule has 0 heterocycles. The van der Waals surface area contributed by atoms with E-state index in [1.807, 2.05) is 0 Å². The van der Waals surface area contributed by atoms with Gasteiger partial charge in [-0.15, -0.1) is 0 Å². The highest BCUT2D eigenvalue weighted by atomic mass is 19.4. The van der Waals surface area contributed by atoms with E-state index in [4.69, 9.17) is 0 Å². The lowest BCUT2D eigenvalue weighted by molar-refractivity contribution is -0.288. The van der Waals surface area contributed by atoms with E-state index in [0.29, 0.717) is 36.4 Å². The second kappa shape index (κ2) is 11.8. The number of hydrogen-bond acceptors (Lipinski definition) is 4. The lowest BCUT2D eigenvalue weighted by Gasteiger charge is -2.38. The average molecular weight is 579 g/mol. The number of alkyl halides is 6. The monoisotopic (exact) mass is 578 g/mol. The van der Waals surface area contributed by atoms with E-state index in [-0.39, 0.29) is 11.1 Å². The van der Waals surface area contributed by atoms with Crippen molar-refractivity contribution >= 4 is 23.2 Å². The molecule has 0 aliphatic heterocycles. The Morgan fingerprint density at radius 3 is 1.66 bits per heavy atom. The average Bonchev–Trinajstić information content (AvgIpc) is 2.89. The van der Waals surface area contributed by atoms with Crippen LogP contribution in [-0.4, -0.2) is 34.4 Å². The number of nitrogens with one attached hydrogen (secondary N) is 2. The van der Waals surface area contributed by atoms with E-state index < -0.39 is 63.6 Å². The van der Waals surface area contributed by atoms with Crippen LogP contribution in [0, 0.1) is 0 Å². The first kappa shape index (κ1) is 30.8. The number of amides is 2. The highest BCUT2D eigenvalue weighted by molar-refractivity contribution is 6.06. The summed E-state index contributed by atoms with van der Waals surface area (Å²) >= 11 is 0. The van der Waals surface area contributed by atoms with Crippen LogP contribution in [0.2, 0.25) is 0 Å². The Balaban J connectivity index is 2.23. The van der Waals surface area contributed by atoms with Crippen LogP contribution in [0.25, 0.3) is 0 Å². The number of benzene rings is 3. The number of phenolic OH excluding ortho intramolecular Hbond substituents is 2. The van der Waals surface area contributed by atoms with Crippen LogP contribution in [0.15, 0.2) is 90.5 Å². The molecule has 0 saturated carbocycles. The molecule has 0 unspecified atom stereocenters. The fourth-order valence-corrected chi connectivity index (χ4v) is 4.18. The molecule has 0 bridgehead atoms. The van der Waals surface area contributed by atoms with E-state index in [0.717, 1.165) is 0 Å². The Labute approximate surface area is 230 Å². The summed E-state index contributed by atoms with van der Waals surface area (Å²) in [6.45, 7) is 3.08. The van der Waals surface area contributed by atoms with Gasteiger partial charge in [0.15, 0.2) is 0 Å². The van der Waals surface area contributed by atoms with E-state index in [9.17, 15) is 46.1 Å². The summed E-state index contributed by atoms with van der Waals surface area (Å²) in [4.78, 5) is 25.1. The first-order chi connectivity index (χ1) is 19.2. The molecule has 0 saturated heterocycles. The van der Waals surface area contributed by atoms with Gasteiger partial charge in [-0.25, -0.2) is 0 Å². The maximum Gasteiger partial charge on any atom is 0.411 e. The van der Waals surface area contributed by atoms with Gasteiger partial charge in [0.1, 0.15) is 11.5 Å². The van der Waals surface area contributed by atoms with Crippen LogP contribution in [0.3, 0.4) is 0 Å². The van der Waals surface area contributed by atoms with Gasteiger partial charge in [0.05, 0.1) is 11.4 Å². The first-order valence-electron chi connectivity index (χ1n) is 11.9. The molecular formula is C29H24F6N2O4. The van der Waals surface area contributed by atoms with Gasteiger partial charge >= 0.3 is 12.4 Å². The zero-order chi connectivity index (χ0) is 30.6. The minimum absolute atomic E-state index is 0.0348. The largest absolute Gasteiger partial charge is 0.506 e. The number of anilines is 2. The summed E-state index contributed by atoms with van der Waals surface area (Å²) < 4.78 is 88.5. The third kappa shape index (κ3) is 6.06. The molecule has 3 aromatic rings. The van der Waals surface area contributed by atoms with E-state index in [1.54, 1.807) is 13.0 Å². The molecule has 3 rings (SSSR count). The van der Waals surface area contributed by atoms with Gasteiger partial charge in [-0.05, 0) is 61.4 Å². The molecule has 0 aliphatic rings.